The summed E-state index contributed by atoms with van der Waals surface area (Å²) in [5.74, 6) is -0.889. The first-order valence-corrected chi connectivity index (χ1v) is 11.7. The van der Waals surface area contributed by atoms with Gasteiger partial charge in [0, 0.05) is 16.6 Å². The second-order valence-corrected chi connectivity index (χ2v) is 9.13. The molecule has 1 aromatic carbocycles. The fourth-order valence-electron chi connectivity index (χ4n) is 3.00. The minimum atomic E-state index is -0.737. The Morgan fingerprint density at radius 1 is 1.28 bits per heavy atom. The molecule has 1 amide bonds. The quantitative estimate of drug-likeness (QED) is 0.305. The average Bonchev–Trinajstić information content (AvgIpc) is 3.52. The summed E-state index contributed by atoms with van der Waals surface area (Å²) >= 11 is 8.74. The van der Waals surface area contributed by atoms with Crippen molar-refractivity contribution >= 4 is 56.2 Å². The second-order valence-electron chi connectivity index (χ2n) is 6.76. The highest BCUT2D eigenvalue weighted by Crippen LogP contribution is 2.36. The zero-order chi connectivity index (χ0) is 22.7. The molecule has 4 aromatic rings. The smallest absolute Gasteiger partial charge is 0.350 e. The Bertz CT molecular complexity index is 1260. The minimum Gasteiger partial charge on any atom is -0.451 e. The molecule has 0 saturated heterocycles. The standard InChI is InChI=1S/C21H17ClFN3O4S2/c1-2-7-26(10-16-24-25-20(30-16)14-4-3-8-31-14)17(27)11-29-21(28)19-18(22)13-6-5-12(23)9-15(13)32-19/h3-6,8-9H,2,7,10-11H2,1H3. The zero-order valence-corrected chi connectivity index (χ0v) is 19.2. The molecule has 0 aliphatic heterocycles. The highest BCUT2D eigenvalue weighted by Gasteiger charge is 2.22. The number of esters is 1. The van der Waals surface area contributed by atoms with Gasteiger partial charge in [0.2, 0.25) is 5.89 Å². The van der Waals surface area contributed by atoms with Gasteiger partial charge in [-0.05, 0) is 36.1 Å². The van der Waals surface area contributed by atoms with Crippen molar-refractivity contribution in [2.45, 2.75) is 19.9 Å². The molecule has 3 aromatic heterocycles. The van der Waals surface area contributed by atoms with Gasteiger partial charge >= 0.3 is 5.97 Å². The van der Waals surface area contributed by atoms with Crippen LogP contribution in [0.4, 0.5) is 4.39 Å². The Morgan fingerprint density at radius 3 is 2.88 bits per heavy atom. The number of ether oxygens (including phenoxy) is 1. The number of aromatic nitrogens is 2. The number of hydrogen-bond acceptors (Lipinski definition) is 8. The largest absolute Gasteiger partial charge is 0.451 e. The van der Waals surface area contributed by atoms with E-state index in [1.807, 2.05) is 24.4 Å². The van der Waals surface area contributed by atoms with Crippen molar-refractivity contribution in [3.63, 3.8) is 0 Å². The summed E-state index contributed by atoms with van der Waals surface area (Å²) in [6, 6.07) is 7.81. The second kappa shape index (κ2) is 9.76. The average molecular weight is 494 g/mol. The summed E-state index contributed by atoms with van der Waals surface area (Å²) in [5, 5.41) is 10.7. The summed E-state index contributed by atoms with van der Waals surface area (Å²) in [6.45, 7) is 1.98. The Labute approximate surface area is 195 Å². The number of hydrogen-bond donors (Lipinski definition) is 0. The first-order valence-electron chi connectivity index (χ1n) is 9.65. The van der Waals surface area contributed by atoms with Crippen molar-refractivity contribution in [1.29, 1.82) is 0 Å². The van der Waals surface area contributed by atoms with E-state index >= 15 is 0 Å². The third kappa shape index (κ3) is 4.82. The van der Waals surface area contributed by atoms with E-state index in [9.17, 15) is 14.0 Å². The van der Waals surface area contributed by atoms with Crippen LogP contribution < -0.4 is 0 Å². The molecule has 7 nitrogen and oxygen atoms in total. The lowest BCUT2D eigenvalue weighted by Crippen LogP contribution is -2.35. The third-order valence-corrected chi connectivity index (χ3v) is 6.97. The molecule has 0 radical (unpaired) electrons. The molecular formula is C21H17ClFN3O4S2. The Morgan fingerprint density at radius 2 is 2.12 bits per heavy atom. The van der Waals surface area contributed by atoms with Crippen LogP contribution in [0.3, 0.4) is 0 Å². The number of thiophene rings is 2. The van der Waals surface area contributed by atoms with Gasteiger partial charge in [0.05, 0.1) is 16.4 Å². The highest BCUT2D eigenvalue weighted by molar-refractivity contribution is 7.21. The van der Waals surface area contributed by atoms with Gasteiger partial charge in [-0.3, -0.25) is 4.79 Å². The van der Waals surface area contributed by atoms with Gasteiger partial charge in [-0.1, -0.05) is 24.6 Å². The molecular weight excluding hydrogens is 477 g/mol. The molecule has 4 rings (SSSR count). The topological polar surface area (TPSA) is 85.5 Å². The number of nitrogens with zero attached hydrogens (tertiary/aromatic N) is 3. The van der Waals surface area contributed by atoms with Crippen LogP contribution in [0.25, 0.3) is 20.9 Å². The maximum absolute atomic E-state index is 13.4. The van der Waals surface area contributed by atoms with Gasteiger partial charge in [-0.25, -0.2) is 9.18 Å². The molecule has 32 heavy (non-hydrogen) atoms. The van der Waals surface area contributed by atoms with Crippen LogP contribution in [-0.2, 0) is 16.1 Å². The van der Waals surface area contributed by atoms with Crippen molar-refractivity contribution in [1.82, 2.24) is 15.1 Å². The van der Waals surface area contributed by atoms with Crippen LogP contribution in [0.5, 0.6) is 0 Å². The van der Waals surface area contributed by atoms with Gasteiger partial charge < -0.3 is 14.1 Å². The van der Waals surface area contributed by atoms with Crippen LogP contribution >= 0.6 is 34.3 Å². The van der Waals surface area contributed by atoms with Crippen LogP contribution in [0, 0.1) is 5.82 Å². The molecule has 0 bridgehead atoms. The Balaban J connectivity index is 1.41. The van der Waals surface area contributed by atoms with E-state index in [1.165, 1.54) is 34.4 Å². The number of halogens is 2. The zero-order valence-electron chi connectivity index (χ0n) is 16.8. The van der Waals surface area contributed by atoms with E-state index in [1.54, 1.807) is 0 Å². The van der Waals surface area contributed by atoms with Crippen molar-refractivity contribution in [2.24, 2.45) is 0 Å². The maximum atomic E-state index is 13.4. The first kappa shape index (κ1) is 22.4. The summed E-state index contributed by atoms with van der Waals surface area (Å²) in [7, 11) is 0. The molecule has 0 saturated carbocycles. The van der Waals surface area contributed by atoms with Gasteiger partial charge in [0.25, 0.3) is 11.8 Å². The Hall–Kier alpha value is -2.82. The predicted octanol–water partition coefficient (Wildman–Crippen LogP) is 5.40. The molecule has 0 fully saturated rings. The summed E-state index contributed by atoms with van der Waals surface area (Å²) in [6.07, 6.45) is 0.694. The van der Waals surface area contributed by atoms with Crippen LogP contribution in [0.1, 0.15) is 28.9 Å². The van der Waals surface area contributed by atoms with Gasteiger partial charge in [0.15, 0.2) is 6.61 Å². The number of benzene rings is 1. The molecule has 0 aliphatic rings. The normalized spacial score (nSPS) is 11.1. The van der Waals surface area contributed by atoms with Crippen LogP contribution in [0.15, 0.2) is 40.1 Å². The van der Waals surface area contributed by atoms with E-state index < -0.39 is 24.3 Å². The minimum absolute atomic E-state index is 0.103. The molecule has 11 heteroatoms. The molecule has 0 aliphatic carbocycles. The highest BCUT2D eigenvalue weighted by atomic mass is 35.5. The number of carbonyl (C=O) groups excluding carboxylic acids is 2. The van der Waals surface area contributed by atoms with Gasteiger partial charge in [-0.2, -0.15) is 0 Å². The lowest BCUT2D eigenvalue weighted by atomic mass is 10.2. The first-order chi connectivity index (χ1) is 15.5. The van der Waals surface area contributed by atoms with Gasteiger partial charge in [0.1, 0.15) is 10.7 Å². The van der Waals surface area contributed by atoms with Crippen molar-refractivity contribution in [3.8, 4) is 10.8 Å². The predicted molar refractivity (Wildman–Crippen MR) is 120 cm³/mol. The van der Waals surface area contributed by atoms with Crippen molar-refractivity contribution in [3.05, 3.63) is 57.3 Å². The van der Waals surface area contributed by atoms with E-state index in [0.717, 1.165) is 16.2 Å². The third-order valence-electron chi connectivity index (χ3n) is 4.47. The number of rotatable bonds is 8. The van der Waals surface area contributed by atoms with Crippen molar-refractivity contribution in [2.75, 3.05) is 13.2 Å². The van der Waals surface area contributed by atoms with E-state index in [-0.39, 0.29) is 22.3 Å². The van der Waals surface area contributed by atoms with Crippen LogP contribution in [-0.4, -0.2) is 40.1 Å². The van der Waals surface area contributed by atoms with Crippen LogP contribution in [0.2, 0.25) is 5.02 Å². The van der Waals surface area contributed by atoms with Crippen molar-refractivity contribution < 1.29 is 23.1 Å². The summed E-state index contributed by atoms with van der Waals surface area (Å²) < 4.78 is 24.8. The van der Waals surface area contributed by atoms with E-state index in [2.05, 4.69) is 10.2 Å². The summed E-state index contributed by atoms with van der Waals surface area (Å²) in [4.78, 5) is 27.6. The van der Waals surface area contributed by atoms with Gasteiger partial charge in [-0.15, -0.1) is 32.9 Å². The molecule has 0 unspecified atom stereocenters. The lowest BCUT2D eigenvalue weighted by molar-refractivity contribution is -0.135. The number of fused-ring (bicyclic) bond motifs is 1. The summed E-state index contributed by atoms with van der Waals surface area (Å²) in [5.41, 5.74) is 0. The SMILES string of the molecule is CCCN(Cc1nnc(-c2cccs2)o1)C(=O)COC(=O)c1sc2cc(F)ccc2c1Cl. The Kier molecular flexibility index (Phi) is 6.83. The molecule has 166 valence electrons. The van der Waals surface area contributed by atoms with E-state index in [4.69, 9.17) is 20.8 Å². The number of carbonyl (C=O) groups is 2. The fraction of sp³-hybridized carbons (Fsp3) is 0.238. The number of amides is 1. The molecule has 0 atom stereocenters. The molecule has 0 spiro atoms. The van der Waals surface area contributed by atoms with E-state index in [0.29, 0.717) is 28.9 Å². The monoisotopic (exact) mass is 493 g/mol. The molecule has 0 N–H and O–H groups in total. The molecule has 3 heterocycles. The lowest BCUT2D eigenvalue weighted by Gasteiger charge is -2.20. The maximum Gasteiger partial charge on any atom is 0.350 e. The fourth-order valence-corrected chi connectivity index (χ4v) is 5.07.